The highest BCUT2D eigenvalue weighted by molar-refractivity contribution is 7.86. The van der Waals surface area contributed by atoms with Crippen LogP contribution in [0.4, 0.5) is 0 Å². The summed E-state index contributed by atoms with van der Waals surface area (Å²) in [4.78, 5) is -0.0763. The summed E-state index contributed by atoms with van der Waals surface area (Å²) < 4.78 is 34.4. The van der Waals surface area contributed by atoms with Gasteiger partial charge in [0.1, 0.15) is 4.90 Å². The minimum atomic E-state index is -4.25. The molecule has 1 N–H and O–H groups in total. The van der Waals surface area contributed by atoms with Crippen molar-refractivity contribution in [2.75, 3.05) is 0 Å². The molecule has 0 amide bonds. The molecule has 0 bridgehead atoms. The fourth-order valence-electron chi connectivity index (χ4n) is 2.86. The fraction of sp³-hybridized carbons (Fsp3) is 0. The van der Waals surface area contributed by atoms with Crippen LogP contribution in [-0.4, -0.2) is 13.0 Å². The number of hydrogen-bond donors (Lipinski definition) is 1. The predicted molar refractivity (Wildman–Crippen MR) is 84.4 cm³/mol. The summed E-state index contributed by atoms with van der Waals surface area (Å²) in [6.45, 7) is 0. The monoisotopic (exact) mass is 310 g/mol. The van der Waals surface area contributed by atoms with Crippen LogP contribution < -0.4 is 4.40 Å². The Bertz CT molecular complexity index is 1150. The lowest BCUT2D eigenvalue weighted by molar-refractivity contribution is -0.509. The fourth-order valence-corrected chi connectivity index (χ4v) is 3.56. The van der Waals surface area contributed by atoms with Crippen LogP contribution in [-0.2, 0) is 10.1 Å². The number of nitrogens with zero attached hydrogens (tertiary/aromatic N) is 1. The van der Waals surface area contributed by atoms with Gasteiger partial charge in [0.2, 0.25) is 5.52 Å². The largest absolute Gasteiger partial charge is 0.295 e. The molecule has 0 aliphatic heterocycles. The minimum Gasteiger partial charge on any atom is -0.282 e. The Balaban J connectivity index is 2.21. The molecule has 4 nitrogen and oxygen atoms in total. The molecule has 2 heterocycles. The van der Waals surface area contributed by atoms with Crippen LogP contribution in [0, 0.1) is 0 Å². The van der Waals surface area contributed by atoms with Crippen molar-refractivity contribution >= 4 is 37.2 Å². The molecule has 0 unspecified atom stereocenters. The second-order valence-electron chi connectivity index (χ2n) is 5.20. The molecule has 22 heavy (non-hydrogen) atoms. The van der Waals surface area contributed by atoms with Gasteiger partial charge < -0.3 is 0 Å². The molecule has 4 rings (SSSR count). The molecular weight excluding hydrogens is 298 g/mol. The Labute approximate surface area is 127 Å². The lowest BCUT2D eigenvalue weighted by atomic mass is 10.1. The number of aromatic nitrogens is 1. The molecule has 0 saturated heterocycles. The van der Waals surface area contributed by atoms with Gasteiger partial charge in [-0.1, -0.05) is 30.3 Å². The Kier molecular flexibility index (Phi) is 2.69. The predicted octanol–water partition coefficient (Wildman–Crippen LogP) is 2.98. The molecule has 4 aromatic rings. The minimum absolute atomic E-state index is 0.0763. The molecule has 5 heteroatoms. The van der Waals surface area contributed by atoms with Gasteiger partial charge in [0, 0.05) is 12.1 Å². The Morgan fingerprint density at radius 2 is 1.64 bits per heavy atom. The maximum Gasteiger partial charge on any atom is 0.295 e. The van der Waals surface area contributed by atoms with Gasteiger partial charge in [0.25, 0.3) is 10.1 Å². The first kappa shape index (κ1) is 13.2. The second-order valence-corrected chi connectivity index (χ2v) is 6.59. The van der Waals surface area contributed by atoms with E-state index >= 15 is 0 Å². The molecular formula is C17H12NO3S+. The molecule has 0 saturated carbocycles. The van der Waals surface area contributed by atoms with Gasteiger partial charge >= 0.3 is 0 Å². The summed E-state index contributed by atoms with van der Waals surface area (Å²) in [6.07, 6.45) is 3.62. The van der Waals surface area contributed by atoms with Gasteiger partial charge in [0.15, 0.2) is 12.4 Å². The van der Waals surface area contributed by atoms with Gasteiger partial charge in [-0.2, -0.15) is 12.8 Å². The standard InChI is InChI=1S/C17H11NO3S/c19-22(20,21)17-7-3-5-13-10-16-14-6-2-1-4-12(14)8-9-18(16)11-15(13)17/h1-11H/p+1. The normalized spacial score (nSPS) is 12.2. The highest BCUT2D eigenvalue weighted by Crippen LogP contribution is 2.25. The Morgan fingerprint density at radius 3 is 2.45 bits per heavy atom. The van der Waals surface area contributed by atoms with Crippen LogP contribution in [0.2, 0.25) is 0 Å². The van der Waals surface area contributed by atoms with E-state index in [-0.39, 0.29) is 4.90 Å². The SMILES string of the molecule is O=S(=O)(O)c1cccc2cc3c4ccccc4cc[n+]3cc12. The van der Waals surface area contributed by atoms with E-state index in [1.54, 1.807) is 12.3 Å². The van der Waals surface area contributed by atoms with Crippen molar-refractivity contribution in [3.8, 4) is 0 Å². The zero-order chi connectivity index (χ0) is 15.3. The third-order valence-electron chi connectivity index (χ3n) is 3.87. The molecule has 0 fully saturated rings. The molecule has 0 atom stereocenters. The highest BCUT2D eigenvalue weighted by Gasteiger charge is 2.17. The topological polar surface area (TPSA) is 58.5 Å². The van der Waals surface area contributed by atoms with Gasteiger partial charge in [-0.25, -0.2) is 0 Å². The molecule has 0 radical (unpaired) electrons. The van der Waals surface area contributed by atoms with Crippen molar-refractivity contribution in [1.82, 2.24) is 0 Å². The molecule has 0 spiro atoms. The molecule has 2 aromatic carbocycles. The van der Waals surface area contributed by atoms with Crippen molar-refractivity contribution in [3.63, 3.8) is 0 Å². The van der Waals surface area contributed by atoms with E-state index in [1.807, 2.05) is 53.1 Å². The van der Waals surface area contributed by atoms with Crippen LogP contribution >= 0.6 is 0 Å². The van der Waals surface area contributed by atoms with E-state index in [9.17, 15) is 13.0 Å². The summed E-state index contributed by atoms with van der Waals surface area (Å²) in [5, 5.41) is 3.47. The summed E-state index contributed by atoms with van der Waals surface area (Å²) >= 11 is 0. The zero-order valence-electron chi connectivity index (χ0n) is 11.5. The van der Waals surface area contributed by atoms with E-state index in [0.29, 0.717) is 5.39 Å². The number of hydrogen-bond acceptors (Lipinski definition) is 2. The van der Waals surface area contributed by atoms with Crippen LogP contribution in [0.1, 0.15) is 0 Å². The van der Waals surface area contributed by atoms with Gasteiger partial charge in [-0.05, 0) is 22.9 Å². The quantitative estimate of drug-likeness (QED) is 0.254. The first-order valence-corrected chi connectivity index (χ1v) is 8.21. The van der Waals surface area contributed by atoms with Gasteiger partial charge in [-0.3, -0.25) is 4.55 Å². The third-order valence-corrected chi connectivity index (χ3v) is 4.78. The van der Waals surface area contributed by atoms with Gasteiger partial charge in [-0.15, -0.1) is 0 Å². The maximum absolute atomic E-state index is 11.5. The lowest BCUT2D eigenvalue weighted by Crippen LogP contribution is -2.21. The maximum atomic E-state index is 11.5. The molecule has 0 aliphatic rings. The third kappa shape index (κ3) is 1.94. The van der Waals surface area contributed by atoms with E-state index in [4.69, 9.17) is 0 Å². The molecule has 0 aliphatic carbocycles. The first-order valence-electron chi connectivity index (χ1n) is 6.77. The summed E-state index contributed by atoms with van der Waals surface area (Å²) in [6, 6.07) is 16.8. The van der Waals surface area contributed by atoms with E-state index in [1.165, 1.54) is 6.07 Å². The molecule has 2 aromatic heterocycles. The summed E-state index contributed by atoms with van der Waals surface area (Å²) in [5.74, 6) is 0. The van der Waals surface area contributed by atoms with Crippen LogP contribution in [0.15, 0.2) is 71.9 Å². The number of rotatable bonds is 1. The van der Waals surface area contributed by atoms with Crippen molar-refractivity contribution in [1.29, 1.82) is 0 Å². The van der Waals surface area contributed by atoms with Crippen molar-refractivity contribution in [2.45, 2.75) is 4.90 Å². The van der Waals surface area contributed by atoms with Crippen molar-refractivity contribution < 1.29 is 17.4 Å². The van der Waals surface area contributed by atoms with Crippen LogP contribution in [0.3, 0.4) is 0 Å². The van der Waals surface area contributed by atoms with Crippen molar-refractivity contribution in [3.05, 3.63) is 67.0 Å². The van der Waals surface area contributed by atoms with E-state index in [2.05, 4.69) is 0 Å². The van der Waals surface area contributed by atoms with E-state index < -0.39 is 10.1 Å². The zero-order valence-corrected chi connectivity index (χ0v) is 12.3. The average Bonchev–Trinajstić information content (AvgIpc) is 2.51. The molecule has 108 valence electrons. The first-order chi connectivity index (χ1) is 10.5. The summed E-state index contributed by atoms with van der Waals surface area (Å²) in [5.41, 5.74) is 0.984. The van der Waals surface area contributed by atoms with Crippen LogP contribution in [0.5, 0.6) is 0 Å². The lowest BCUT2D eigenvalue weighted by Gasteiger charge is -2.04. The van der Waals surface area contributed by atoms with E-state index in [0.717, 1.165) is 21.7 Å². The van der Waals surface area contributed by atoms with Gasteiger partial charge in [0.05, 0.1) is 10.8 Å². The highest BCUT2D eigenvalue weighted by atomic mass is 32.2. The summed E-state index contributed by atoms with van der Waals surface area (Å²) in [7, 11) is -4.25. The average molecular weight is 310 g/mol. The smallest absolute Gasteiger partial charge is 0.282 e. The number of pyridine rings is 2. The van der Waals surface area contributed by atoms with Crippen LogP contribution in [0.25, 0.3) is 27.1 Å². The number of benzene rings is 2. The second kappa shape index (κ2) is 4.50. The number of fused-ring (bicyclic) bond motifs is 4. The Morgan fingerprint density at radius 1 is 0.864 bits per heavy atom. The van der Waals surface area contributed by atoms with Crippen molar-refractivity contribution in [2.24, 2.45) is 0 Å². The Hall–Kier alpha value is -2.50.